The fourth-order valence-electron chi connectivity index (χ4n) is 7.14. The molecule has 0 saturated carbocycles. The minimum Gasteiger partial charge on any atom is -1.00 e. The zero-order valence-electron chi connectivity index (χ0n) is 42.6. The van der Waals surface area contributed by atoms with Crippen LogP contribution in [-0.2, 0) is 45.1 Å². The number of benzene rings is 4. The predicted molar refractivity (Wildman–Crippen MR) is 268 cm³/mol. The summed E-state index contributed by atoms with van der Waals surface area (Å²) in [4.78, 5) is 72.2. The van der Waals surface area contributed by atoms with Crippen molar-refractivity contribution in [1.82, 2.24) is 37.4 Å². The van der Waals surface area contributed by atoms with Crippen molar-refractivity contribution in [2.75, 3.05) is 6.61 Å². The number of alkyl halides is 6. The maximum Gasteiger partial charge on any atom is 1.00 e. The number of aliphatic hydroxyl groups excluding tert-OH is 2. The van der Waals surface area contributed by atoms with Gasteiger partial charge in [-0.25, -0.2) is 9.59 Å². The standard InChI is InChI=1S/C23H20ClF3N4O5.C23H18ClF3N4O5.C2H6O.B.Na.H/c2*1-13(32)11-31-19-18(20(33)29(2)22(31)34)30(12-14-6-8-15(24)9-7-14)21(28-19)35-16-4-3-5-17(10-16)36-23(25,26)27;1-2-3;;;/h3-10,13,32H,11-12H2,1-2H3;3-10H,11-12H2,1-2H3;3H,2H2,1H3;;;/q;;;;+1;-1. The molecule has 77 heavy (non-hydrogen) atoms. The Hall–Kier alpha value is -6.81. The first kappa shape index (κ1) is 62.7. The Morgan fingerprint density at radius 1 is 0.649 bits per heavy atom. The number of hydrogen-bond acceptors (Lipinski definition) is 13. The average Bonchev–Trinajstić information content (AvgIpc) is 3.85. The molecule has 0 spiro atoms. The number of rotatable bonds is 14. The van der Waals surface area contributed by atoms with Gasteiger partial charge in [-0.1, -0.05) is 59.6 Å². The van der Waals surface area contributed by atoms with Crippen LogP contribution in [0.5, 0.6) is 35.0 Å². The van der Waals surface area contributed by atoms with E-state index in [0.717, 1.165) is 42.5 Å². The molecule has 4 heterocycles. The van der Waals surface area contributed by atoms with Crippen molar-refractivity contribution in [3.8, 4) is 35.0 Å². The first-order valence-corrected chi connectivity index (χ1v) is 22.8. The summed E-state index contributed by atoms with van der Waals surface area (Å²) < 4.78 is 102. The van der Waals surface area contributed by atoms with Gasteiger partial charge in [0.1, 0.15) is 28.8 Å². The van der Waals surface area contributed by atoms with Crippen molar-refractivity contribution >= 4 is 59.7 Å². The molecule has 403 valence electrons. The Bertz CT molecular complexity index is 3610. The molecule has 0 bridgehead atoms. The van der Waals surface area contributed by atoms with Gasteiger partial charge in [-0.15, -0.1) is 26.3 Å². The summed E-state index contributed by atoms with van der Waals surface area (Å²) in [6, 6.07) is 22.6. The molecular formula is C48H45BCl2F6N8NaO11. The molecule has 0 amide bonds. The van der Waals surface area contributed by atoms with Gasteiger partial charge in [0, 0.05) is 51.3 Å². The van der Waals surface area contributed by atoms with Crippen molar-refractivity contribution in [2.24, 2.45) is 14.1 Å². The monoisotopic (exact) mass is 1130 g/mol. The zero-order valence-corrected chi connectivity index (χ0v) is 45.1. The summed E-state index contributed by atoms with van der Waals surface area (Å²) >= 11 is 11.9. The Kier molecular flexibility index (Phi) is 21.6. The van der Waals surface area contributed by atoms with Crippen LogP contribution >= 0.6 is 23.2 Å². The van der Waals surface area contributed by atoms with E-state index in [1.54, 1.807) is 55.5 Å². The Balaban J connectivity index is 0.000000377. The third-order valence-electron chi connectivity index (χ3n) is 10.2. The van der Waals surface area contributed by atoms with E-state index in [9.17, 15) is 55.4 Å². The van der Waals surface area contributed by atoms with Crippen LogP contribution in [0.2, 0.25) is 10.0 Å². The summed E-state index contributed by atoms with van der Waals surface area (Å²) in [7, 11) is 2.56. The molecule has 3 radical (unpaired) electrons. The number of fused-ring (bicyclic) bond motifs is 2. The number of carbonyl (C=O) groups is 1. The maximum absolute atomic E-state index is 13.1. The summed E-state index contributed by atoms with van der Waals surface area (Å²) in [5, 5.41) is 18.5. The fourth-order valence-corrected chi connectivity index (χ4v) is 7.39. The topological polar surface area (TPSA) is 218 Å². The van der Waals surface area contributed by atoms with Crippen LogP contribution in [0.1, 0.15) is 33.3 Å². The van der Waals surface area contributed by atoms with Crippen LogP contribution < -0.4 is 71.0 Å². The van der Waals surface area contributed by atoms with E-state index in [1.165, 1.54) is 61.3 Å². The van der Waals surface area contributed by atoms with Gasteiger partial charge in [-0.05, 0) is 80.4 Å². The van der Waals surface area contributed by atoms with Crippen LogP contribution in [0.15, 0.2) is 116 Å². The predicted octanol–water partition coefficient (Wildman–Crippen LogP) is 4.28. The number of ether oxygens (including phenoxy) is 4. The van der Waals surface area contributed by atoms with Crippen LogP contribution in [0.4, 0.5) is 26.3 Å². The molecule has 0 aliphatic heterocycles. The van der Waals surface area contributed by atoms with E-state index in [4.69, 9.17) is 37.8 Å². The van der Waals surface area contributed by atoms with Gasteiger partial charge in [0.2, 0.25) is 0 Å². The van der Waals surface area contributed by atoms with Crippen molar-refractivity contribution in [3.05, 3.63) is 160 Å². The molecule has 8 aromatic rings. The number of imidazole rings is 2. The van der Waals surface area contributed by atoms with Crippen LogP contribution in [0.3, 0.4) is 0 Å². The van der Waals surface area contributed by atoms with Crippen LogP contribution in [-0.4, -0.2) is 87.2 Å². The van der Waals surface area contributed by atoms with Gasteiger partial charge in [0.05, 0.1) is 32.3 Å². The molecule has 0 saturated heterocycles. The van der Waals surface area contributed by atoms with Gasteiger partial charge in [-0.3, -0.25) is 41.8 Å². The number of aromatic nitrogens is 8. The number of hydrogen-bond donors (Lipinski definition) is 2. The second kappa shape index (κ2) is 26.5. The summed E-state index contributed by atoms with van der Waals surface area (Å²) in [5.74, 6) is -1.51. The van der Waals surface area contributed by atoms with Gasteiger partial charge in [0.25, 0.3) is 11.1 Å². The van der Waals surface area contributed by atoms with Crippen molar-refractivity contribution in [1.29, 1.82) is 0 Å². The number of Topliss-reactive ketones (excluding diaryl/α,β-unsaturated/α-hetero) is 1. The Morgan fingerprint density at radius 3 is 1.35 bits per heavy atom. The summed E-state index contributed by atoms with van der Waals surface area (Å²) in [5.41, 5.74) is -1.61. The maximum atomic E-state index is 13.1. The molecule has 0 fully saturated rings. The van der Waals surface area contributed by atoms with Crippen LogP contribution in [0, 0.1) is 0 Å². The largest absolute Gasteiger partial charge is 1.00 e. The first-order chi connectivity index (χ1) is 35.3. The van der Waals surface area contributed by atoms with Gasteiger partial charge >= 0.3 is 65.7 Å². The Labute approximate surface area is 467 Å². The third kappa shape index (κ3) is 16.1. The minimum atomic E-state index is -4.91. The van der Waals surface area contributed by atoms with Crippen molar-refractivity contribution in [3.63, 3.8) is 0 Å². The Morgan fingerprint density at radius 2 is 1.00 bits per heavy atom. The van der Waals surface area contributed by atoms with E-state index in [1.807, 2.05) is 0 Å². The SMILES string of the molecule is CC(=O)Cn1c(=O)n(C)c(=O)c2c1nc(Oc1cccc(OC(F)(F)F)c1)n2Cc1ccc(Cl)cc1.CC(O)Cn1c(=O)n(C)c(=O)c2c1nc(Oc1cccc(OC(F)(F)F)c1)n2Cc1ccc(Cl)cc1.CCO.[B].[H-].[Na+]. The number of carbonyl (C=O) groups excluding carboxylic acids is 1. The minimum absolute atomic E-state index is 0. The zero-order chi connectivity index (χ0) is 55.1. The summed E-state index contributed by atoms with van der Waals surface area (Å²) in [6.07, 6.45) is -10.7. The van der Waals surface area contributed by atoms with E-state index < -0.39 is 52.8 Å². The third-order valence-corrected chi connectivity index (χ3v) is 10.7. The number of nitrogens with zero attached hydrogens (tertiary/aromatic N) is 8. The smallest absolute Gasteiger partial charge is 1.00 e. The molecule has 4 aromatic carbocycles. The van der Waals surface area contributed by atoms with E-state index in [-0.39, 0.29) is 124 Å². The van der Waals surface area contributed by atoms with Gasteiger partial charge in [-0.2, -0.15) is 9.97 Å². The van der Waals surface area contributed by atoms with Gasteiger partial charge in [0.15, 0.2) is 22.3 Å². The van der Waals surface area contributed by atoms with E-state index in [0.29, 0.717) is 21.2 Å². The quantitative estimate of drug-likeness (QED) is 0.115. The number of aliphatic hydroxyl groups is 2. The van der Waals surface area contributed by atoms with Crippen LogP contribution in [0.25, 0.3) is 22.3 Å². The average molecular weight is 1130 g/mol. The molecule has 1 atom stereocenters. The molecule has 0 aliphatic rings. The molecule has 2 N–H and O–H groups in total. The molecule has 1 unspecified atom stereocenters. The normalized spacial score (nSPS) is 11.6. The molecule has 29 heteroatoms. The second-order valence-corrected chi connectivity index (χ2v) is 17.0. The second-order valence-electron chi connectivity index (χ2n) is 16.2. The number of ketones is 1. The number of halogens is 8. The van der Waals surface area contributed by atoms with E-state index >= 15 is 0 Å². The molecular weight excluding hydrogens is 1080 g/mol. The molecule has 4 aromatic heterocycles. The van der Waals surface area contributed by atoms with Crippen molar-refractivity contribution in [2.45, 2.75) is 65.8 Å². The first-order valence-electron chi connectivity index (χ1n) is 22.0. The van der Waals surface area contributed by atoms with E-state index in [2.05, 4.69) is 19.4 Å². The van der Waals surface area contributed by atoms with Crippen molar-refractivity contribution < 1.29 is 91.3 Å². The molecule has 0 aliphatic carbocycles. The molecule has 8 rings (SSSR count). The van der Waals surface area contributed by atoms with Gasteiger partial charge < -0.3 is 30.6 Å². The molecule has 19 nitrogen and oxygen atoms in total. The summed E-state index contributed by atoms with van der Waals surface area (Å²) in [6.45, 7) is 4.26. The fraction of sp³-hybridized carbons (Fsp3) is 0.271.